The molecule has 2 heterocycles. The predicted molar refractivity (Wildman–Crippen MR) is 65.7 cm³/mol. The second-order valence-electron chi connectivity index (χ2n) is 4.31. The number of likely N-dealkylation sites (N-methyl/N-ethyl adjacent to an activating group) is 1. The van der Waals surface area contributed by atoms with Crippen LogP contribution in [0.1, 0.15) is 21.5 Å². The molecule has 4 nitrogen and oxygen atoms in total. The third-order valence-electron chi connectivity index (χ3n) is 3.20. The molecule has 0 N–H and O–H groups in total. The number of fused-ring (bicyclic) bond motifs is 1. The molecule has 0 bridgehead atoms. The van der Waals surface area contributed by atoms with Crippen LogP contribution >= 0.6 is 0 Å². The highest BCUT2D eigenvalue weighted by molar-refractivity contribution is 6.10. The van der Waals surface area contributed by atoms with Gasteiger partial charge in [0.1, 0.15) is 6.26 Å². The summed E-state index contributed by atoms with van der Waals surface area (Å²) in [6.07, 6.45) is 3.25. The van der Waals surface area contributed by atoms with Crippen molar-refractivity contribution in [1.82, 2.24) is 0 Å². The fraction of sp³-hybridized carbons (Fsp3) is 0.143. The van der Waals surface area contributed by atoms with Crippen LogP contribution in [0.3, 0.4) is 0 Å². The molecule has 2 aromatic rings. The Morgan fingerprint density at radius 2 is 2.11 bits per heavy atom. The number of carbonyl (C=O) groups excluding carboxylic acids is 2. The SMILES string of the molecule is CN1C(=O)Cc2cc(C(=O)c3ccoc3)ccc21. The van der Waals surface area contributed by atoms with Gasteiger partial charge in [0.2, 0.25) is 5.91 Å². The van der Waals surface area contributed by atoms with Gasteiger partial charge in [0.05, 0.1) is 18.2 Å². The normalized spacial score (nSPS) is 13.8. The van der Waals surface area contributed by atoms with E-state index in [0.717, 1.165) is 11.3 Å². The fourth-order valence-corrected chi connectivity index (χ4v) is 2.17. The lowest BCUT2D eigenvalue weighted by molar-refractivity contribution is -0.117. The van der Waals surface area contributed by atoms with E-state index in [4.69, 9.17) is 4.42 Å². The van der Waals surface area contributed by atoms with Gasteiger partial charge in [-0.05, 0) is 29.8 Å². The van der Waals surface area contributed by atoms with E-state index >= 15 is 0 Å². The number of carbonyl (C=O) groups is 2. The first-order valence-electron chi connectivity index (χ1n) is 5.63. The smallest absolute Gasteiger partial charge is 0.231 e. The number of furan rings is 1. The highest BCUT2D eigenvalue weighted by Crippen LogP contribution is 2.29. The van der Waals surface area contributed by atoms with Crippen molar-refractivity contribution in [3.8, 4) is 0 Å². The minimum Gasteiger partial charge on any atom is -0.472 e. The Kier molecular flexibility index (Phi) is 2.30. The van der Waals surface area contributed by atoms with Crippen molar-refractivity contribution in [1.29, 1.82) is 0 Å². The number of hydrogen-bond acceptors (Lipinski definition) is 3. The van der Waals surface area contributed by atoms with Crippen LogP contribution in [0.2, 0.25) is 0 Å². The van der Waals surface area contributed by atoms with E-state index in [1.165, 1.54) is 12.5 Å². The van der Waals surface area contributed by atoms with Crippen molar-refractivity contribution < 1.29 is 14.0 Å². The molecule has 0 saturated heterocycles. The monoisotopic (exact) mass is 241 g/mol. The standard InChI is InChI=1S/C14H11NO3/c1-15-12-3-2-9(6-11(12)7-13(15)16)14(17)10-4-5-18-8-10/h2-6,8H,7H2,1H3. The second kappa shape index (κ2) is 3.84. The molecule has 1 aromatic heterocycles. The quantitative estimate of drug-likeness (QED) is 0.756. The summed E-state index contributed by atoms with van der Waals surface area (Å²) in [7, 11) is 1.74. The summed E-state index contributed by atoms with van der Waals surface area (Å²) in [5.74, 6) is -0.0357. The first kappa shape index (κ1) is 10.8. The molecule has 0 unspecified atom stereocenters. The Balaban J connectivity index is 2.00. The second-order valence-corrected chi connectivity index (χ2v) is 4.31. The predicted octanol–water partition coefficient (Wildman–Crippen LogP) is 2.03. The van der Waals surface area contributed by atoms with Gasteiger partial charge in [-0.1, -0.05) is 0 Å². The zero-order valence-electron chi connectivity index (χ0n) is 9.84. The molecule has 1 aliphatic heterocycles. The number of nitrogens with zero attached hydrogens (tertiary/aromatic N) is 1. The zero-order valence-corrected chi connectivity index (χ0v) is 9.84. The summed E-state index contributed by atoms with van der Waals surface area (Å²) in [4.78, 5) is 25.3. The number of benzene rings is 1. The molecule has 1 aliphatic rings. The van der Waals surface area contributed by atoms with Crippen LogP contribution in [0.25, 0.3) is 0 Å². The fourth-order valence-electron chi connectivity index (χ4n) is 2.17. The van der Waals surface area contributed by atoms with Crippen molar-refractivity contribution in [2.75, 3.05) is 11.9 Å². The van der Waals surface area contributed by atoms with Crippen LogP contribution in [0, 0.1) is 0 Å². The van der Waals surface area contributed by atoms with E-state index in [1.807, 2.05) is 6.07 Å². The Morgan fingerprint density at radius 1 is 1.28 bits per heavy atom. The minimum absolute atomic E-state index is 0.0536. The zero-order chi connectivity index (χ0) is 12.7. The number of rotatable bonds is 2. The summed E-state index contributed by atoms with van der Waals surface area (Å²) in [6, 6.07) is 6.97. The molecule has 1 amide bonds. The van der Waals surface area contributed by atoms with Crippen molar-refractivity contribution in [3.63, 3.8) is 0 Å². The first-order chi connectivity index (χ1) is 8.66. The molecule has 1 aromatic carbocycles. The average Bonchev–Trinajstić information content (AvgIpc) is 2.98. The van der Waals surface area contributed by atoms with Gasteiger partial charge in [-0.3, -0.25) is 9.59 Å². The van der Waals surface area contributed by atoms with Gasteiger partial charge in [0.25, 0.3) is 0 Å². The van der Waals surface area contributed by atoms with Crippen LogP contribution in [-0.4, -0.2) is 18.7 Å². The molecule has 4 heteroatoms. The lowest BCUT2D eigenvalue weighted by atomic mass is 10.0. The van der Waals surface area contributed by atoms with Crippen LogP contribution in [0.5, 0.6) is 0 Å². The molecule has 0 saturated carbocycles. The lowest BCUT2D eigenvalue weighted by Gasteiger charge is -2.09. The summed E-state index contributed by atoms with van der Waals surface area (Å²) in [6.45, 7) is 0. The largest absolute Gasteiger partial charge is 0.472 e. The lowest BCUT2D eigenvalue weighted by Crippen LogP contribution is -2.20. The molecule has 0 atom stereocenters. The molecular weight excluding hydrogens is 230 g/mol. The molecule has 18 heavy (non-hydrogen) atoms. The molecule has 0 aliphatic carbocycles. The number of ketones is 1. The highest BCUT2D eigenvalue weighted by atomic mass is 16.3. The van der Waals surface area contributed by atoms with E-state index in [1.54, 1.807) is 30.1 Å². The highest BCUT2D eigenvalue weighted by Gasteiger charge is 2.25. The maximum Gasteiger partial charge on any atom is 0.231 e. The Bertz CT molecular complexity index is 628. The Labute approximate surface area is 104 Å². The number of anilines is 1. The van der Waals surface area contributed by atoms with Crippen molar-refractivity contribution in [2.24, 2.45) is 0 Å². The van der Waals surface area contributed by atoms with E-state index in [2.05, 4.69) is 0 Å². The van der Waals surface area contributed by atoms with Crippen LogP contribution < -0.4 is 4.90 Å². The van der Waals surface area contributed by atoms with Crippen molar-refractivity contribution in [2.45, 2.75) is 6.42 Å². The first-order valence-corrected chi connectivity index (χ1v) is 5.63. The van der Waals surface area contributed by atoms with Crippen molar-refractivity contribution in [3.05, 3.63) is 53.5 Å². The van der Waals surface area contributed by atoms with Crippen LogP contribution in [0.15, 0.2) is 41.2 Å². The van der Waals surface area contributed by atoms with Crippen LogP contribution in [0.4, 0.5) is 5.69 Å². The Hall–Kier alpha value is -2.36. The molecule has 0 radical (unpaired) electrons. The Morgan fingerprint density at radius 3 is 2.83 bits per heavy atom. The van der Waals surface area contributed by atoms with Gasteiger partial charge in [-0.2, -0.15) is 0 Å². The molecule has 0 spiro atoms. The summed E-state index contributed by atoms with van der Waals surface area (Å²) >= 11 is 0. The molecular formula is C14H11NO3. The third-order valence-corrected chi connectivity index (χ3v) is 3.20. The third kappa shape index (κ3) is 1.54. The van der Waals surface area contributed by atoms with E-state index in [0.29, 0.717) is 17.5 Å². The van der Waals surface area contributed by atoms with Gasteiger partial charge in [0, 0.05) is 18.3 Å². The average molecular weight is 241 g/mol. The molecule has 90 valence electrons. The van der Waals surface area contributed by atoms with Crippen LogP contribution in [-0.2, 0) is 11.2 Å². The summed E-state index contributed by atoms with van der Waals surface area (Å²) < 4.78 is 4.90. The number of amides is 1. The maximum absolute atomic E-state index is 12.1. The summed E-state index contributed by atoms with van der Waals surface area (Å²) in [5, 5.41) is 0. The van der Waals surface area contributed by atoms with Gasteiger partial charge in [0.15, 0.2) is 5.78 Å². The summed E-state index contributed by atoms with van der Waals surface area (Å²) in [5.41, 5.74) is 2.88. The minimum atomic E-state index is -0.0893. The van der Waals surface area contributed by atoms with E-state index in [9.17, 15) is 9.59 Å². The topological polar surface area (TPSA) is 50.5 Å². The van der Waals surface area contributed by atoms with Gasteiger partial charge in [-0.15, -0.1) is 0 Å². The van der Waals surface area contributed by atoms with Gasteiger partial charge in [-0.25, -0.2) is 0 Å². The molecule has 0 fully saturated rings. The van der Waals surface area contributed by atoms with Gasteiger partial charge < -0.3 is 9.32 Å². The van der Waals surface area contributed by atoms with Gasteiger partial charge >= 0.3 is 0 Å². The number of hydrogen-bond donors (Lipinski definition) is 0. The molecule has 3 rings (SSSR count). The van der Waals surface area contributed by atoms with E-state index < -0.39 is 0 Å². The van der Waals surface area contributed by atoms with E-state index in [-0.39, 0.29) is 11.7 Å². The maximum atomic E-state index is 12.1. The van der Waals surface area contributed by atoms with Crippen molar-refractivity contribution >= 4 is 17.4 Å².